The summed E-state index contributed by atoms with van der Waals surface area (Å²) in [5.74, 6) is 0. The maximum absolute atomic E-state index is 8.90. The molecule has 2 rings (SSSR count). The lowest BCUT2D eigenvalue weighted by Crippen LogP contribution is -2.05. The minimum absolute atomic E-state index is 0.501. The standard InChI is InChI=1S/C14H14N2O/c15-9-14-13(10-17-11-16-14)8-4-7-12-5-2-1-3-6-12/h1-3,5-6,11H,4,7-8,10H2. The van der Waals surface area contributed by atoms with Gasteiger partial charge in [-0.25, -0.2) is 4.99 Å². The molecule has 0 amide bonds. The average molecular weight is 226 g/mol. The van der Waals surface area contributed by atoms with Crippen molar-refractivity contribution in [3.63, 3.8) is 0 Å². The van der Waals surface area contributed by atoms with E-state index in [4.69, 9.17) is 10.00 Å². The van der Waals surface area contributed by atoms with Gasteiger partial charge in [0.2, 0.25) is 0 Å². The van der Waals surface area contributed by atoms with Crippen molar-refractivity contribution in [2.24, 2.45) is 4.99 Å². The van der Waals surface area contributed by atoms with Gasteiger partial charge >= 0.3 is 0 Å². The number of hydrogen-bond acceptors (Lipinski definition) is 3. The Morgan fingerprint density at radius 2 is 2.06 bits per heavy atom. The summed E-state index contributed by atoms with van der Waals surface area (Å²) in [6, 6.07) is 12.5. The van der Waals surface area contributed by atoms with Crippen LogP contribution in [-0.4, -0.2) is 13.0 Å². The second kappa shape index (κ2) is 5.86. The summed E-state index contributed by atoms with van der Waals surface area (Å²) in [5.41, 5.74) is 2.85. The average Bonchev–Trinajstić information content (AvgIpc) is 2.40. The third kappa shape index (κ3) is 3.18. The van der Waals surface area contributed by atoms with Crippen molar-refractivity contribution in [3.05, 3.63) is 47.2 Å². The molecule has 0 aromatic heterocycles. The summed E-state index contributed by atoms with van der Waals surface area (Å²) >= 11 is 0. The third-order valence-corrected chi connectivity index (χ3v) is 2.74. The van der Waals surface area contributed by atoms with Gasteiger partial charge in [-0.15, -0.1) is 0 Å². The van der Waals surface area contributed by atoms with E-state index in [2.05, 4.69) is 23.2 Å². The Bertz CT molecular complexity index is 469. The van der Waals surface area contributed by atoms with Crippen molar-refractivity contribution < 1.29 is 4.74 Å². The van der Waals surface area contributed by atoms with Gasteiger partial charge in [0.15, 0.2) is 6.40 Å². The normalized spacial score (nSPS) is 14.3. The minimum Gasteiger partial charge on any atom is -0.479 e. The number of ether oxygens (including phenoxy) is 1. The van der Waals surface area contributed by atoms with Crippen molar-refractivity contribution in [2.75, 3.05) is 6.61 Å². The van der Waals surface area contributed by atoms with Crippen molar-refractivity contribution >= 4 is 6.40 Å². The number of hydrogen-bond donors (Lipinski definition) is 0. The zero-order valence-electron chi connectivity index (χ0n) is 9.60. The molecule has 0 spiro atoms. The lowest BCUT2D eigenvalue weighted by Gasteiger charge is -2.11. The topological polar surface area (TPSA) is 45.4 Å². The molecule has 0 aliphatic carbocycles. The van der Waals surface area contributed by atoms with Gasteiger partial charge in [0.25, 0.3) is 0 Å². The SMILES string of the molecule is N#CC1=C(CCCc2ccccc2)COC=N1. The molecule has 3 heteroatoms. The molecule has 0 radical (unpaired) electrons. The van der Waals surface area contributed by atoms with Gasteiger partial charge in [-0.05, 0) is 24.8 Å². The van der Waals surface area contributed by atoms with E-state index in [0.29, 0.717) is 12.3 Å². The maximum Gasteiger partial charge on any atom is 0.175 e. The van der Waals surface area contributed by atoms with E-state index in [9.17, 15) is 0 Å². The molecule has 0 unspecified atom stereocenters. The van der Waals surface area contributed by atoms with Crippen LogP contribution in [0.3, 0.4) is 0 Å². The maximum atomic E-state index is 8.90. The van der Waals surface area contributed by atoms with E-state index in [1.807, 2.05) is 18.2 Å². The van der Waals surface area contributed by atoms with Gasteiger partial charge in [-0.1, -0.05) is 30.3 Å². The lowest BCUT2D eigenvalue weighted by atomic mass is 10.0. The van der Waals surface area contributed by atoms with Crippen LogP contribution in [0.15, 0.2) is 46.6 Å². The highest BCUT2D eigenvalue weighted by Gasteiger charge is 2.09. The zero-order chi connectivity index (χ0) is 11.9. The van der Waals surface area contributed by atoms with Crippen LogP contribution in [0.4, 0.5) is 0 Å². The van der Waals surface area contributed by atoms with Gasteiger partial charge in [0.05, 0.1) is 0 Å². The highest BCUT2D eigenvalue weighted by molar-refractivity contribution is 5.54. The van der Waals surface area contributed by atoms with Crippen LogP contribution >= 0.6 is 0 Å². The number of allylic oxidation sites excluding steroid dienone is 1. The first-order valence-corrected chi connectivity index (χ1v) is 5.70. The molecular weight excluding hydrogens is 212 g/mol. The smallest absolute Gasteiger partial charge is 0.175 e. The summed E-state index contributed by atoms with van der Waals surface area (Å²) in [5, 5.41) is 8.90. The predicted octanol–water partition coefficient (Wildman–Crippen LogP) is 2.85. The van der Waals surface area contributed by atoms with Crippen LogP contribution < -0.4 is 0 Å². The molecular formula is C14H14N2O. The fourth-order valence-electron chi connectivity index (χ4n) is 1.84. The number of benzene rings is 1. The second-order valence-corrected chi connectivity index (χ2v) is 3.95. The quantitative estimate of drug-likeness (QED) is 0.792. The van der Waals surface area contributed by atoms with Crippen LogP contribution in [0.1, 0.15) is 18.4 Å². The highest BCUT2D eigenvalue weighted by atomic mass is 16.5. The van der Waals surface area contributed by atoms with Crippen LogP contribution in [0.25, 0.3) is 0 Å². The van der Waals surface area contributed by atoms with Gasteiger partial charge in [-0.3, -0.25) is 0 Å². The number of nitrogens with zero attached hydrogens (tertiary/aromatic N) is 2. The molecule has 86 valence electrons. The predicted molar refractivity (Wildman–Crippen MR) is 66.5 cm³/mol. The molecule has 1 aliphatic heterocycles. The van der Waals surface area contributed by atoms with Crippen LogP contribution in [0.5, 0.6) is 0 Å². The Hall–Kier alpha value is -2.08. The molecule has 1 aliphatic rings. The summed E-state index contributed by atoms with van der Waals surface area (Å²) in [7, 11) is 0. The van der Waals surface area contributed by atoms with Gasteiger partial charge in [0, 0.05) is 5.57 Å². The molecule has 0 atom stereocenters. The van der Waals surface area contributed by atoms with Crippen molar-refractivity contribution in [2.45, 2.75) is 19.3 Å². The molecule has 1 heterocycles. The van der Waals surface area contributed by atoms with E-state index < -0.39 is 0 Å². The number of rotatable bonds is 4. The van der Waals surface area contributed by atoms with Crippen molar-refractivity contribution in [1.29, 1.82) is 5.26 Å². The molecule has 3 nitrogen and oxygen atoms in total. The largest absolute Gasteiger partial charge is 0.479 e. The van der Waals surface area contributed by atoms with Gasteiger partial charge in [0.1, 0.15) is 18.4 Å². The fraction of sp³-hybridized carbons (Fsp3) is 0.286. The van der Waals surface area contributed by atoms with E-state index in [-0.39, 0.29) is 0 Å². The fourth-order valence-corrected chi connectivity index (χ4v) is 1.84. The van der Waals surface area contributed by atoms with E-state index in [1.54, 1.807) is 0 Å². The van der Waals surface area contributed by atoms with E-state index in [0.717, 1.165) is 24.8 Å². The summed E-state index contributed by atoms with van der Waals surface area (Å²) in [6.07, 6.45) is 4.25. The van der Waals surface area contributed by atoms with Crippen LogP contribution in [0.2, 0.25) is 0 Å². The Morgan fingerprint density at radius 1 is 1.24 bits per heavy atom. The molecule has 0 bridgehead atoms. The molecule has 1 aromatic rings. The molecule has 17 heavy (non-hydrogen) atoms. The zero-order valence-corrected chi connectivity index (χ0v) is 9.60. The first kappa shape index (κ1) is 11.4. The van der Waals surface area contributed by atoms with Gasteiger partial charge < -0.3 is 4.74 Å². The monoisotopic (exact) mass is 226 g/mol. The van der Waals surface area contributed by atoms with Crippen molar-refractivity contribution in [3.8, 4) is 6.07 Å². The Balaban J connectivity index is 1.89. The van der Waals surface area contributed by atoms with Crippen LogP contribution in [0, 0.1) is 11.3 Å². The molecule has 0 saturated heterocycles. The first-order chi connectivity index (χ1) is 8.40. The number of aryl methyl sites for hydroxylation is 1. The van der Waals surface area contributed by atoms with Crippen LogP contribution in [-0.2, 0) is 11.2 Å². The Labute approximate surface area is 101 Å². The summed E-state index contributed by atoms with van der Waals surface area (Å²) < 4.78 is 5.12. The molecule has 1 aromatic carbocycles. The molecule has 0 N–H and O–H groups in total. The summed E-state index contributed by atoms with van der Waals surface area (Å²) in [6.45, 7) is 0.501. The Morgan fingerprint density at radius 3 is 2.82 bits per heavy atom. The summed E-state index contributed by atoms with van der Waals surface area (Å²) in [4.78, 5) is 3.93. The molecule has 0 fully saturated rings. The lowest BCUT2D eigenvalue weighted by molar-refractivity contribution is 0.342. The van der Waals surface area contributed by atoms with E-state index >= 15 is 0 Å². The first-order valence-electron chi connectivity index (χ1n) is 5.70. The third-order valence-electron chi connectivity index (χ3n) is 2.74. The Kier molecular flexibility index (Phi) is 3.93. The highest BCUT2D eigenvalue weighted by Crippen LogP contribution is 2.17. The number of nitriles is 1. The minimum atomic E-state index is 0.501. The second-order valence-electron chi connectivity index (χ2n) is 3.95. The van der Waals surface area contributed by atoms with Gasteiger partial charge in [-0.2, -0.15) is 5.26 Å². The van der Waals surface area contributed by atoms with E-state index in [1.165, 1.54) is 12.0 Å². The van der Waals surface area contributed by atoms with Crippen molar-refractivity contribution in [1.82, 2.24) is 0 Å². The molecule has 0 saturated carbocycles. The number of aliphatic imine (C=N–C) groups is 1.